The van der Waals surface area contributed by atoms with Crippen molar-refractivity contribution in [2.75, 3.05) is 20.2 Å². The number of rotatable bonds is 8. The number of aromatic nitrogens is 1. The summed E-state index contributed by atoms with van der Waals surface area (Å²) in [6.07, 6.45) is 5.22. The molecule has 0 aliphatic heterocycles. The highest BCUT2D eigenvalue weighted by Gasteiger charge is 2.14. The molecule has 8 heteroatoms. The Bertz CT molecular complexity index is 1070. The van der Waals surface area contributed by atoms with Gasteiger partial charge < -0.3 is 20.8 Å². The van der Waals surface area contributed by atoms with Crippen molar-refractivity contribution in [3.05, 3.63) is 63.8 Å². The first-order chi connectivity index (χ1) is 16.3. The molecule has 1 fully saturated rings. The summed E-state index contributed by atoms with van der Waals surface area (Å²) in [7, 11) is 1.67. The highest BCUT2D eigenvalue weighted by molar-refractivity contribution is 7.81. The Kier molecular flexibility index (Phi) is 11.5. The number of nitrogens with one attached hydrogen (secondary N) is 2. The van der Waals surface area contributed by atoms with Crippen LogP contribution in [0.25, 0.3) is 10.9 Å². The highest BCUT2D eigenvalue weighted by Crippen LogP contribution is 2.27. The van der Waals surface area contributed by atoms with Gasteiger partial charge in [-0.15, -0.1) is 0 Å². The molecular formula is C26H34ClN3O3S. The third-order valence-corrected chi connectivity index (χ3v) is 6.22. The SMILES string of the molecule is CNCC(N)=O.Cc1cc(OCCCc2c(C=O)[nH]c3ccccc23)cc(C)c1Cl.SC1CC1. The third kappa shape index (κ3) is 9.05. The first-order valence-electron chi connectivity index (χ1n) is 11.3. The topological polar surface area (TPSA) is 97.2 Å². The molecule has 4 N–H and O–H groups in total. The fourth-order valence-electron chi connectivity index (χ4n) is 3.27. The molecule has 184 valence electrons. The van der Waals surface area contributed by atoms with Crippen LogP contribution in [-0.2, 0) is 11.2 Å². The lowest BCUT2D eigenvalue weighted by molar-refractivity contribution is -0.117. The van der Waals surface area contributed by atoms with E-state index in [0.717, 1.165) is 62.7 Å². The van der Waals surface area contributed by atoms with Crippen LogP contribution in [0.5, 0.6) is 5.75 Å². The van der Waals surface area contributed by atoms with Gasteiger partial charge in [-0.25, -0.2) is 0 Å². The minimum atomic E-state index is -0.322. The van der Waals surface area contributed by atoms with Gasteiger partial charge in [-0.1, -0.05) is 29.8 Å². The van der Waals surface area contributed by atoms with Gasteiger partial charge in [-0.05, 0) is 81.5 Å². The number of likely N-dealkylation sites (N-methyl/N-ethyl adjacent to an activating group) is 1. The lowest BCUT2D eigenvalue weighted by atomic mass is 10.1. The lowest BCUT2D eigenvalue weighted by Gasteiger charge is -2.10. The predicted octanol–water partition coefficient (Wildman–Crippen LogP) is 5.03. The number of H-pyrrole nitrogens is 1. The van der Waals surface area contributed by atoms with Crippen LogP contribution in [-0.4, -0.2) is 42.6 Å². The van der Waals surface area contributed by atoms with Crippen LogP contribution in [0.15, 0.2) is 36.4 Å². The second-order valence-corrected chi connectivity index (χ2v) is 9.34. The molecule has 1 amide bonds. The van der Waals surface area contributed by atoms with E-state index in [4.69, 9.17) is 22.1 Å². The number of para-hydroxylation sites is 1. The molecule has 6 nitrogen and oxygen atoms in total. The molecule has 0 unspecified atom stereocenters. The lowest BCUT2D eigenvalue weighted by Crippen LogP contribution is -2.25. The van der Waals surface area contributed by atoms with E-state index in [1.54, 1.807) is 7.05 Å². The molecule has 1 aromatic heterocycles. The second kappa shape index (κ2) is 14.0. The summed E-state index contributed by atoms with van der Waals surface area (Å²) in [4.78, 5) is 24.2. The fourth-order valence-corrected chi connectivity index (χ4v) is 3.53. The number of benzene rings is 2. The summed E-state index contributed by atoms with van der Waals surface area (Å²) >= 11 is 10.3. The number of amides is 1. The van der Waals surface area contributed by atoms with Crippen LogP contribution in [0, 0.1) is 13.8 Å². The number of hydrogen-bond donors (Lipinski definition) is 4. The molecule has 1 aliphatic carbocycles. The standard InChI is InChI=1S/C20H20ClNO2.C3H8N2O.C3H6S/c1-13-10-15(11-14(2)20(13)21)24-9-5-7-17-16-6-3-4-8-18(16)22-19(17)12-23;1-5-2-3(4)6;4-3-1-2-3/h3-4,6,8,10-12,22H,5,7,9H2,1-2H3;5H,2H2,1H3,(H2,4,6);3-4H,1-2H2. The van der Waals surface area contributed by atoms with Crippen molar-refractivity contribution in [3.63, 3.8) is 0 Å². The molecule has 0 saturated heterocycles. The Morgan fingerprint density at radius 2 is 1.88 bits per heavy atom. The van der Waals surface area contributed by atoms with E-state index in [1.165, 1.54) is 12.8 Å². The fraction of sp³-hybridized carbons (Fsp3) is 0.385. The van der Waals surface area contributed by atoms with Crippen LogP contribution >= 0.6 is 24.2 Å². The summed E-state index contributed by atoms with van der Waals surface area (Å²) in [5.41, 5.74) is 9.47. The Morgan fingerprint density at radius 3 is 2.38 bits per heavy atom. The Labute approximate surface area is 212 Å². The van der Waals surface area contributed by atoms with E-state index in [9.17, 15) is 9.59 Å². The number of carbonyl (C=O) groups is 2. The molecule has 0 atom stereocenters. The van der Waals surface area contributed by atoms with Crippen LogP contribution in [0.1, 0.15) is 46.4 Å². The maximum Gasteiger partial charge on any atom is 0.231 e. The average Bonchev–Trinajstić information content (AvgIpc) is 3.50. The maximum atomic E-state index is 11.3. The number of halogens is 1. The zero-order chi connectivity index (χ0) is 25.1. The average molecular weight is 504 g/mol. The van der Waals surface area contributed by atoms with Gasteiger partial charge in [0.15, 0.2) is 6.29 Å². The van der Waals surface area contributed by atoms with E-state index in [0.29, 0.717) is 12.3 Å². The minimum absolute atomic E-state index is 0.264. The van der Waals surface area contributed by atoms with Crippen LogP contribution in [0.4, 0.5) is 0 Å². The van der Waals surface area contributed by atoms with Gasteiger partial charge in [0.1, 0.15) is 5.75 Å². The number of aldehydes is 1. The molecule has 1 aliphatic rings. The summed E-state index contributed by atoms with van der Waals surface area (Å²) in [5.74, 6) is 0.515. The number of thiol groups is 1. The number of fused-ring (bicyclic) bond motifs is 1. The molecule has 1 heterocycles. The van der Waals surface area contributed by atoms with Crippen LogP contribution < -0.4 is 15.8 Å². The summed E-state index contributed by atoms with van der Waals surface area (Å²) in [6.45, 7) is 4.81. The van der Waals surface area contributed by atoms with Crippen LogP contribution in [0.2, 0.25) is 5.02 Å². The van der Waals surface area contributed by atoms with Gasteiger partial charge in [0.05, 0.1) is 18.8 Å². The Morgan fingerprint density at radius 1 is 1.26 bits per heavy atom. The zero-order valence-corrected chi connectivity index (χ0v) is 21.6. The Hall–Kier alpha value is -2.48. The molecule has 0 spiro atoms. The highest BCUT2D eigenvalue weighted by atomic mass is 35.5. The summed E-state index contributed by atoms with van der Waals surface area (Å²) in [6, 6.07) is 11.9. The van der Waals surface area contributed by atoms with E-state index < -0.39 is 0 Å². The molecule has 0 bridgehead atoms. The smallest absolute Gasteiger partial charge is 0.231 e. The second-order valence-electron chi connectivity index (χ2n) is 8.23. The molecule has 2 aromatic carbocycles. The third-order valence-electron chi connectivity index (χ3n) is 5.11. The van der Waals surface area contributed by atoms with Gasteiger partial charge in [0, 0.05) is 21.2 Å². The minimum Gasteiger partial charge on any atom is -0.494 e. The van der Waals surface area contributed by atoms with Crippen molar-refractivity contribution in [1.82, 2.24) is 10.3 Å². The monoisotopic (exact) mass is 503 g/mol. The van der Waals surface area contributed by atoms with E-state index in [-0.39, 0.29) is 12.5 Å². The predicted molar refractivity (Wildman–Crippen MR) is 144 cm³/mol. The number of carbonyl (C=O) groups excluding carboxylic acids is 2. The first kappa shape index (κ1) is 27.8. The van der Waals surface area contributed by atoms with Gasteiger partial charge in [-0.3, -0.25) is 9.59 Å². The molecule has 34 heavy (non-hydrogen) atoms. The van der Waals surface area contributed by atoms with E-state index in [2.05, 4.69) is 22.9 Å². The van der Waals surface area contributed by atoms with E-state index >= 15 is 0 Å². The van der Waals surface area contributed by atoms with Gasteiger partial charge in [0.25, 0.3) is 0 Å². The summed E-state index contributed by atoms with van der Waals surface area (Å²) < 4.78 is 5.85. The van der Waals surface area contributed by atoms with Crippen molar-refractivity contribution < 1.29 is 14.3 Å². The van der Waals surface area contributed by atoms with Crippen LogP contribution in [0.3, 0.4) is 0 Å². The van der Waals surface area contributed by atoms with Crippen molar-refractivity contribution in [1.29, 1.82) is 0 Å². The number of aryl methyl sites for hydroxylation is 3. The van der Waals surface area contributed by atoms with Gasteiger partial charge in [0.2, 0.25) is 5.91 Å². The summed E-state index contributed by atoms with van der Waals surface area (Å²) in [5, 5.41) is 5.27. The van der Waals surface area contributed by atoms with E-state index in [1.807, 2.05) is 50.2 Å². The molecule has 1 saturated carbocycles. The quantitative estimate of drug-likeness (QED) is 0.197. The van der Waals surface area contributed by atoms with Crippen molar-refractivity contribution in [2.24, 2.45) is 5.73 Å². The number of primary amides is 1. The Balaban J connectivity index is 0.000000340. The van der Waals surface area contributed by atoms with Crippen molar-refractivity contribution >= 4 is 47.3 Å². The molecule has 4 rings (SSSR count). The first-order valence-corrected chi connectivity index (χ1v) is 12.2. The molecule has 3 aromatic rings. The number of hydrogen-bond acceptors (Lipinski definition) is 5. The normalized spacial score (nSPS) is 12.3. The van der Waals surface area contributed by atoms with Crippen molar-refractivity contribution in [2.45, 2.75) is 44.8 Å². The largest absolute Gasteiger partial charge is 0.494 e. The zero-order valence-electron chi connectivity index (χ0n) is 20.0. The van der Waals surface area contributed by atoms with Gasteiger partial charge in [-0.2, -0.15) is 12.6 Å². The molecule has 0 radical (unpaired) electrons. The maximum absolute atomic E-state index is 11.3. The number of nitrogens with two attached hydrogens (primary N) is 1. The number of aromatic amines is 1. The number of ether oxygens (including phenoxy) is 1. The van der Waals surface area contributed by atoms with Crippen molar-refractivity contribution in [3.8, 4) is 5.75 Å². The molecular weight excluding hydrogens is 470 g/mol. The van der Waals surface area contributed by atoms with Gasteiger partial charge >= 0.3 is 0 Å².